The average molecular weight is 467 g/mol. The van der Waals surface area contributed by atoms with Crippen molar-refractivity contribution in [1.82, 2.24) is 4.90 Å². The van der Waals surface area contributed by atoms with Gasteiger partial charge in [0.2, 0.25) is 10.0 Å². The highest BCUT2D eigenvalue weighted by molar-refractivity contribution is 7.92. The molecule has 2 unspecified atom stereocenters. The summed E-state index contributed by atoms with van der Waals surface area (Å²) in [7, 11) is -3.34. The van der Waals surface area contributed by atoms with Crippen LogP contribution in [-0.2, 0) is 22.9 Å². The molecule has 33 heavy (non-hydrogen) atoms. The Balaban J connectivity index is 1.25. The van der Waals surface area contributed by atoms with Crippen LogP contribution in [0, 0.1) is 11.3 Å². The number of likely N-dealkylation sites (tertiary alicyclic amines) is 1. The van der Waals surface area contributed by atoms with Gasteiger partial charge in [-0.1, -0.05) is 6.07 Å². The minimum atomic E-state index is -3.34. The van der Waals surface area contributed by atoms with E-state index in [2.05, 4.69) is 21.8 Å². The van der Waals surface area contributed by atoms with Crippen LogP contribution >= 0.6 is 0 Å². The minimum absolute atomic E-state index is 0.183. The van der Waals surface area contributed by atoms with E-state index in [1.165, 1.54) is 11.1 Å². The Morgan fingerprint density at radius 1 is 1.18 bits per heavy atom. The maximum Gasteiger partial charge on any atom is 0.229 e. The lowest BCUT2D eigenvalue weighted by Gasteiger charge is -2.48. The van der Waals surface area contributed by atoms with Crippen molar-refractivity contribution >= 4 is 15.7 Å². The number of sulfonamides is 1. The van der Waals surface area contributed by atoms with Gasteiger partial charge in [0.1, 0.15) is 11.4 Å². The zero-order chi connectivity index (χ0) is 23.2. The third-order valence-electron chi connectivity index (χ3n) is 7.39. The number of nitrogens with zero attached hydrogens (tertiary/aromatic N) is 2. The molecule has 5 rings (SSSR count). The second-order valence-electron chi connectivity index (χ2n) is 9.75. The Labute approximate surface area is 195 Å². The number of aryl methyl sites for hydroxylation is 1. The van der Waals surface area contributed by atoms with Crippen molar-refractivity contribution in [2.24, 2.45) is 5.73 Å². The number of ether oxygens (including phenoxy) is 1. The van der Waals surface area contributed by atoms with Crippen molar-refractivity contribution in [2.75, 3.05) is 24.1 Å². The van der Waals surface area contributed by atoms with Crippen LogP contribution in [0.3, 0.4) is 0 Å². The van der Waals surface area contributed by atoms with Crippen molar-refractivity contribution in [1.29, 1.82) is 5.26 Å². The summed E-state index contributed by atoms with van der Waals surface area (Å²) in [5, 5.41) is 9.15. The lowest BCUT2D eigenvalue weighted by molar-refractivity contribution is -0.0323. The summed E-state index contributed by atoms with van der Waals surface area (Å²) in [5.41, 5.74) is 11.1. The number of nitriles is 1. The van der Waals surface area contributed by atoms with Gasteiger partial charge < -0.3 is 10.5 Å². The third kappa shape index (κ3) is 4.58. The van der Waals surface area contributed by atoms with Gasteiger partial charge >= 0.3 is 0 Å². The summed E-state index contributed by atoms with van der Waals surface area (Å²) >= 11 is 0. The Morgan fingerprint density at radius 3 is 2.70 bits per heavy atom. The lowest BCUT2D eigenvalue weighted by Crippen LogP contribution is -2.54. The second-order valence-corrected chi connectivity index (χ2v) is 11.5. The third-order valence-corrected chi connectivity index (χ3v) is 8.00. The van der Waals surface area contributed by atoms with E-state index in [9.17, 15) is 8.42 Å². The van der Waals surface area contributed by atoms with Crippen LogP contribution in [0.25, 0.3) is 0 Å². The van der Waals surface area contributed by atoms with Crippen molar-refractivity contribution < 1.29 is 13.2 Å². The van der Waals surface area contributed by atoms with E-state index in [1.807, 2.05) is 18.2 Å². The smallest absolute Gasteiger partial charge is 0.229 e. The molecule has 0 bridgehead atoms. The first kappa shape index (κ1) is 22.2. The van der Waals surface area contributed by atoms with Gasteiger partial charge in [-0.3, -0.25) is 9.62 Å². The number of nitrogens with two attached hydrogens (primary N) is 1. The summed E-state index contributed by atoms with van der Waals surface area (Å²) in [5.74, 6) is 0.765. The van der Waals surface area contributed by atoms with E-state index in [1.54, 1.807) is 12.1 Å². The Morgan fingerprint density at radius 2 is 1.97 bits per heavy atom. The van der Waals surface area contributed by atoms with Crippen LogP contribution in [0.2, 0.25) is 0 Å². The normalized spacial score (nSPS) is 24.3. The van der Waals surface area contributed by atoms with Gasteiger partial charge in [0.25, 0.3) is 0 Å². The van der Waals surface area contributed by atoms with Gasteiger partial charge in [-0.15, -0.1) is 0 Å². The summed E-state index contributed by atoms with van der Waals surface area (Å²) in [6.45, 7) is 1.96. The van der Waals surface area contributed by atoms with Crippen LogP contribution in [0.5, 0.6) is 5.75 Å². The zero-order valence-corrected chi connectivity index (χ0v) is 19.7. The molecule has 2 aromatic rings. The summed E-state index contributed by atoms with van der Waals surface area (Å²) < 4.78 is 32.2. The average Bonchev–Trinajstić information content (AvgIpc) is 2.78. The molecule has 2 atom stereocenters. The molecule has 0 aromatic heterocycles. The minimum Gasteiger partial charge on any atom is -0.487 e. The second kappa shape index (κ2) is 8.32. The maximum absolute atomic E-state index is 11.6. The molecule has 7 nitrogen and oxygen atoms in total. The van der Waals surface area contributed by atoms with Crippen molar-refractivity contribution in [3.63, 3.8) is 0 Å². The molecule has 2 heterocycles. The quantitative estimate of drug-likeness (QED) is 0.720. The first-order chi connectivity index (χ1) is 15.7. The molecule has 1 spiro atoms. The maximum atomic E-state index is 11.6. The van der Waals surface area contributed by atoms with Crippen LogP contribution in [-0.4, -0.2) is 44.3 Å². The number of hydrogen-bond acceptors (Lipinski definition) is 6. The number of rotatable bonds is 3. The lowest BCUT2D eigenvalue weighted by atomic mass is 9.79. The predicted molar refractivity (Wildman–Crippen MR) is 128 cm³/mol. The molecule has 3 N–H and O–H groups in total. The molecule has 2 aliphatic heterocycles. The van der Waals surface area contributed by atoms with E-state index >= 15 is 0 Å². The van der Waals surface area contributed by atoms with Crippen molar-refractivity contribution in [2.45, 2.75) is 56.2 Å². The largest absolute Gasteiger partial charge is 0.487 e. The fraction of sp³-hybridized carbons (Fsp3) is 0.480. The van der Waals surface area contributed by atoms with Gasteiger partial charge in [-0.2, -0.15) is 5.26 Å². The Kier molecular flexibility index (Phi) is 5.60. The molecular weight excluding hydrogens is 436 g/mol. The fourth-order valence-electron chi connectivity index (χ4n) is 5.71. The molecule has 1 saturated heterocycles. The van der Waals surface area contributed by atoms with Gasteiger partial charge in [0, 0.05) is 42.8 Å². The van der Waals surface area contributed by atoms with Crippen LogP contribution < -0.4 is 15.2 Å². The van der Waals surface area contributed by atoms with Crippen LogP contribution in [0.1, 0.15) is 54.0 Å². The van der Waals surface area contributed by atoms with E-state index in [0.29, 0.717) is 11.7 Å². The van der Waals surface area contributed by atoms with Gasteiger partial charge in [0.15, 0.2) is 0 Å². The highest BCUT2D eigenvalue weighted by atomic mass is 32.2. The van der Waals surface area contributed by atoms with Gasteiger partial charge in [-0.05, 0) is 73.6 Å². The van der Waals surface area contributed by atoms with Crippen molar-refractivity contribution in [3.8, 4) is 11.8 Å². The number of fused-ring (bicyclic) bond motifs is 2. The summed E-state index contributed by atoms with van der Waals surface area (Å²) in [4.78, 5) is 2.59. The molecule has 0 saturated carbocycles. The Bertz CT molecular complexity index is 1210. The SMILES string of the molecule is CS(=O)(=O)Nc1ccc2c(c1)C(N)CC1(CCN(C3CCc4cc(C#N)ccc4C3)CC1)O2. The van der Waals surface area contributed by atoms with E-state index < -0.39 is 10.0 Å². The molecular formula is C25H30N4O3S. The number of anilines is 1. The molecule has 8 heteroatoms. The van der Waals surface area contributed by atoms with E-state index in [-0.39, 0.29) is 11.6 Å². The zero-order valence-electron chi connectivity index (χ0n) is 18.9. The van der Waals surface area contributed by atoms with Crippen LogP contribution in [0.4, 0.5) is 5.69 Å². The van der Waals surface area contributed by atoms with E-state index in [4.69, 9.17) is 15.7 Å². The number of benzene rings is 2. The highest BCUT2D eigenvalue weighted by Gasteiger charge is 2.43. The molecule has 0 radical (unpaired) electrons. The van der Waals surface area contributed by atoms with Gasteiger partial charge in [0.05, 0.1) is 17.9 Å². The molecule has 3 aliphatic rings. The first-order valence-corrected chi connectivity index (χ1v) is 13.5. The Hall–Kier alpha value is -2.60. The number of hydrogen-bond donors (Lipinski definition) is 2. The highest BCUT2D eigenvalue weighted by Crippen LogP contribution is 2.44. The predicted octanol–water partition coefficient (Wildman–Crippen LogP) is 3.10. The fourth-order valence-corrected chi connectivity index (χ4v) is 6.27. The standard InChI is InChI=1S/C25H30N4O3S/c1-33(30,31)28-20-5-7-24-22(14-20)23(27)15-25(32-24)8-10-29(11-9-25)21-6-4-18-12-17(16-26)2-3-19(18)13-21/h2-3,5,7,12,14,21,23,28H,4,6,8-11,13,15,27H2,1H3. The van der Waals surface area contributed by atoms with Crippen molar-refractivity contribution in [3.05, 3.63) is 58.7 Å². The topological polar surface area (TPSA) is 108 Å². The van der Waals surface area contributed by atoms with E-state index in [0.717, 1.165) is 74.7 Å². The summed E-state index contributed by atoms with van der Waals surface area (Å²) in [6.07, 6.45) is 6.92. The molecule has 1 aliphatic carbocycles. The molecule has 174 valence electrons. The molecule has 2 aromatic carbocycles. The number of nitrogens with one attached hydrogen (secondary N) is 1. The molecule has 0 amide bonds. The van der Waals surface area contributed by atoms with Gasteiger partial charge in [-0.25, -0.2) is 8.42 Å². The monoisotopic (exact) mass is 466 g/mol. The number of piperidine rings is 1. The first-order valence-electron chi connectivity index (χ1n) is 11.6. The summed E-state index contributed by atoms with van der Waals surface area (Å²) in [6, 6.07) is 14.0. The molecule has 1 fully saturated rings. The van der Waals surface area contributed by atoms with Crippen LogP contribution in [0.15, 0.2) is 36.4 Å².